The maximum Gasteiger partial charge on any atom is 0.573 e. The highest BCUT2D eigenvalue weighted by atomic mass is 19.4. The highest BCUT2D eigenvalue weighted by Gasteiger charge is 2.33. The molecule has 90 valence electrons. The van der Waals surface area contributed by atoms with Gasteiger partial charge in [-0.05, 0) is 6.92 Å². The van der Waals surface area contributed by atoms with Gasteiger partial charge in [0.05, 0.1) is 6.61 Å². The molecule has 0 bridgehead atoms. The number of rotatable bonds is 3. The molecule has 1 aromatic rings. The van der Waals surface area contributed by atoms with Crippen molar-refractivity contribution >= 4 is 0 Å². The molecule has 0 aliphatic rings. The molecule has 3 N–H and O–H groups in total. The molecule has 0 saturated carbocycles. The molecule has 16 heavy (non-hydrogen) atoms. The maximum atomic E-state index is 12.1. The minimum Gasteiger partial charge on any atom is -0.405 e. The summed E-state index contributed by atoms with van der Waals surface area (Å²) in [5, 5.41) is 8.99. The van der Waals surface area contributed by atoms with Crippen molar-refractivity contribution in [2.24, 2.45) is 5.73 Å². The molecule has 4 nitrogen and oxygen atoms in total. The lowest BCUT2D eigenvalue weighted by Crippen LogP contribution is -2.20. The molecule has 0 aliphatic carbocycles. The molecule has 7 heteroatoms. The van der Waals surface area contributed by atoms with Crippen LogP contribution in [0.5, 0.6) is 5.75 Å². The Kier molecular flexibility index (Phi) is 3.71. The summed E-state index contributed by atoms with van der Waals surface area (Å²) in [4.78, 5) is 3.82. The molecule has 0 aromatic carbocycles. The van der Waals surface area contributed by atoms with Gasteiger partial charge in [-0.2, -0.15) is 0 Å². The Morgan fingerprint density at radius 3 is 2.56 bits per heavy atom. The Bertz CT molecular complexity index is 380. The summed E-state index contributed by atoms with van der Waals surface area (Å²) >= 11 is 0. The predicted molar refractivity (Wildman–Crippen MR) is 49.5 cm³/mol. The summed E-state index contributed by atoms with van der Waals surface area (Å²) in [5.74, 6) is -0.454. The number of hydrogen-bond acceptors (Lipinski definition) is 4. The van der Waals surface area contributed by atoms with Crippen molar-refractivity contribution in [3.63, 3.8) is 0 Å². The van der Waals surface area contributed by atoms with Crippen molar-refractivity contribution in [3.05, 3.63) is 23.0 Å². The Balaban J connectivity index is 3.25. The fraction of sp³-hybridized carbons (Fsp3) is 0.444. The summed E-state index contributed by atoms with van der Waals surface area (Å²) in [6.07, 6.45) is -3.61. The van der Waals surface area contributed by atoms with Crippen LogP contribution in [0.2, 0.25) is 0 Å². The number of halogens is 3. The zero-order valence-electron chi connectivity index (χ0n) is 8.51. The lowest BCUT2D eigenvalue weighted by atomic mass is 10.1. The lowest BCUT2D eigenvalue weighted by molar-refractivity contribution is -0.275. The molecule has 0 saturated heterocycles. The molecule has 0 amide bonds. The minimum absolute atomic E-state index is 0.000255. The van der Waals surface area contributed by atoms with Crippen LogP contribution in [0.1, 0.15) is 16.8 Å². The Labute approximate surface area is 89.9 Å². The van der Waals surface area contributed by atoms with Crippen molar-refractivity contribution in [3.8, 4) is 5.75 Å². The molecular weight excluding hydrogens is 225 g/mol. The van der Waals surface area contributed by atoms with Gasteiger partial charge in [-0.1, -0.05) is 0 Å². The van der Waals surface area contributed by atoms with Gasteiger partial charge in [0.25, 0.3) is 0 Å². The summed E-state index contributed by atoms with van der Waals surface area (Å²) in [5.41, 5.74) is 5.65. The number of hydrogen-bond donors (Lipinski definition) is 2. The van der Waals surface area contributed by atoms with Gasteiger partial charge >= 0.3 is 6.36 Å². The van der Waals surface area contributed by atoms with E-state index >= 15 is 0 Å². The molecule has 0 radical (unpaired) electrons. The molecule has 1 aromatic heterocycles. The first kappa shape index (κ1) is 12.7. The van der Waals surface area contributed by atoms with E-state index in [4.69, 9.17) is 10.8 Å². The molecule has 0 atom stereocenters. The highest BCUT2D eigenvalue weighted by Crippen LogP contribution is 2.31. The Morgan fingerprint density at radius 2 is 2.12 bits per heavy atom. The van der Waals surface area contributed by atoms with Gasteiger partial charge in [0.2, 0.25) is 0 Å². The van der Waals surface area contributed by atoms with Crippen LogP contribution in [0.25, 0.3) is 0 Å². The number of aliphatic hydroxyl groups is 1. The third-order valence-electron chi connectivity index (χ3n) is 2.01. The molecule has 0 aliphatic heterocycles. The van der Waals surface area contributed by atoms with E-state index in [1.165, 1.54) is 13.1 Å². The first-order valence-corrected chi connectivity index (χ1v) is 4.43. The van der Waals surface area contributed by atoms with E-state index in [0.717, 1.165) is 0 Å². The second-order valence-corrected chi connectivity index (χ2v) is 3.09. The summed E-state index contributed by atoms with van der Waals surface area (Å²) in [6, 6.07) is 0. The summed E-state index contributed by atoms with van der Waals surface area (Å²) in [7, 11) is 0. The van der Waals surface area contributed by atoms with Crippen molar-refractivity contribution in [2.45, 2.75) is 26.4 Å². The van der Waals surface area contributed by atoms with Crippen molar-refractivity contribution < 1.29 is 23.0 Å². The number of alkyl halides is 3. The smallest absolute Gasteiger partial charge is 0.405 e. The topological polar surface area (TPSA) is 68.4 Å². The van der Waals surface area contributed by atoms with Crippen LogP contribution in [0.4, 0.5) is 13.2 Å². The van der Waals surface area contributed by atoms with E-state index in [0.29, 0.717) is 0 Å². The van der Waals surface area contributed by atoms with Crippen molar-refractivity contribution in [1.82, 2.24) is 4.98 Å². The number of aromatic nitrogens is 1. The molecule has 0 spiro atoms. The van der Waals surface area contributed by atoms with E-state index in [9.17, 15) is 13.2 Å². The van der Waals surface area contributed by atoms with Crippen LogP contribution < -0.4 is 10.5 Å². The fourth-order valence-corrected chi connectivity index (χ4v) is 1.24. The number of nitrogens with zero attached hydrogens (tertiary/aromatic N) is 1. The quantitative estimate of drug-likeness (QED) is 0.828. The average molecular weight is 236 g/mol. The van der Waals surface area contributed by atoms with Crippen LogP contribution >= 0.6 is 0 Å². The first-order chi connectivity index (χ1) is 7.39. The molecule has 0 fully saturated rings. The Morgan fingerprint density at radius 1 is 1.50 bits per heavy atom. The largest absolute Gasteiger partial charge is 0.573 e. The van der Waals surface area contributed by atoms with E-state index in [1.54, 1.807) is 0 Å². The first-order valence-electron chi connectivity index (χ1n) is 4.43. The number of nitrogens with two attached hydrogens (primary N) is 1. The molecule has 0 unspecified atom stereocenters. The third-order valence-corrected chi connectivity index (χ3v) is 2.01. The van der Waals surface area contributed by atoms with Crippen LogP contribution in [-0.4, -0.2) is 16.5 Å². The van der Waals surface area contributed by atoms with Gasteiger partial charge in [-0.3, -0.25) is 4.98 Å². The van der Waals surface area contributed by atoms with Gasteiger partial charge in [-0.15, -0.1) is 13.2 Å². The number of aryl methyl sites for hydroxylation is 1. The SMILES string of the molecule is Cc1ncc(CN)c(OC(F)(F)F)c1CO. The monoisotopic (exact) mass is 236 g/mol. The molecular formula is C9H11F3N2O2. The molecule has 1 heterocycles. The van der Waals surface area contributed by atoms with Gasteiger partial charge < -0.3 is 15.6 Å². The zero-order chi connectivity index (χ0) is 12.3. The second-order valence-electron chi connectivity index (χ2n) is 3.09. The zero-order valence-corrected chi connectivity index (χ0v) is 8.51. The predicted octanol–water partition coefficient (Wildman–Crippen LogP) is 1.24. The van der Waals surface area contributed by atoms with Gasteiger partial charge in [0, 0.05) is 29.6 Å². The second kappa shape index (κ2) is 4.67. The van der Waals surface area contributed by atoms with E-state index in [1.807, 2.05) is 0 Å². The fourth-order valence-electron chi connectivity index (χ4n) is 1.24. The molecule has 1 rings (SSSR count). The standard InChI is InChI=1S/C9H11F3N2O2/c1-5-7(4-15)8(16-9(10,11)12)6(2-13)3-14-5/h3,15H,2,4,13H2,1H3. The van der Waals surface area contributed by atoms with Crippen LogP contribution in [-0.2, 0) is 13.2 Å². The highest BCUT2D eigenvalue weighted by molar-refractivity contribution is 5.42. The summed E-state index contributed by atoms with van der Waals surface area (Å²) < 4.78 is 40.3. The minimum atomic E-state index is -4.82. The van der Waals surface area contributed by atoms with Gasteiger partial charge in [0.15, 0.2) is 0 Å². The third kappa shape index (κ3) is 2.83. The van der Waals surface area contributed by atoms with E-state index in [-0.39, 0.29) is 23.4 Å². The van der Waals surface area contributed by atoms with E-state index in [2.05, 4.69) is 9.72 Å². The number of ether oxygens (including phenoxy) is 1. The Hall–Kier alpha value is -1.34. The van der Waals surface area contributed by atoms with Crippen LogP contribution in [0.15, 0.2) is 6.20 Å². The lowest BCUT2D eigenvalue weighted by Gasteiger charge is -2.16. The van der Waals surface area contributed by atoms with Crippen LogP contribution in [0, 0.1) is 6.92 Å². The van der Waals surface area contributed by atoms with Gasteiger partial charge in [-0.25, -0.2) is 0 Å². The number of aliphatic hydroxyl groups excluding tert-OH is 1. The number of pyridine rings is 1. The summed E-state index contributed by atoms with van der Waals surface area (Å²) in [6.45, 7) is 0.749. The van der Waals surface area contributed by atoms with Crippen molar-refractivity contribution in [1.29, 1.82) is 0 Å². The average Bonchev–Trinajstić information content (AvgIpc) is 2.16. The van der Waals surface area contributed by atoms with Crippen molar-refractivity contribution in [2.75, 3.05) is 0 Å². The van der Waals surface area contributed by atoms with Crippen LogP contribution in [0.3, 0.4) is 0 Å². The van der Waals surface area contributed by atoms with E-state index < -0.39 is 18.7 Å². The normalized spacial score (nSPS) is 11.6. The van der Waals surface area contributed by atoms with Gasteiger partial charge in [0.1, 0.15) is 5.75 Å². The maximum absolute atomic E-state index is 12.1.